The van der Waals surface area contributed by atoms with Crippen LogP contribution in [0.15, 0.2) is 48.5 Å². The lowest BCUT2D eigenvalue weighted by Crippen LogP contribution is -1.97. The first-order valence-electron chi connectivity index (χ1n) is 11.2. The van der Waals surface area contributed by atoms with E-state index in [-0.39, 0.29) is 0 Å². The molecule has 0 aromatic heterocycles. The van der Waals surface area contributed by atoms with Gasteiger partial charge in [0.2, 0.25) is 0 Å². The zero-order valence-electron chi connectivity index (χ0n) is 20.6. The SMILES string of the molecule is CC#CC#COc1ccc(-c2cc(CCl)c(-c3cc(C)ccc3C)cc2CCl)cc1OC#CC#CC. The van der Waals surface area contributed by atoms with Crippen LogP contribution < -0.4 is 9.47 Å². The third-order valence-corrected chi connectivity index (χ3v) is 5.93. The fourth-order valence-electron chi connectivity index (χ4n) is 3.63. The molecule has 3 rings (SSSR count). The van der Waals surface area contributed by atoms with E-state index in [0.717, 1.165) is 33.4 Å². The van der Waals surface area contributed by atoms with Gasteiger partial charge in [-0.3, -0.25) is 0 Å². The largest absolute Gasteiger partial charge is 0.403 e. The highest BCUT2D eigenvalue weighted by Crippen LogP contribution is 2.39. The first-order valence-corrected chi connectivity index (χ1v) is 12.3. The predicted octanol–water partition coefficient (Wildman–Crippen LogP) is 7.84. The lowest BCUT2D eigenvalue weighted by Gasteiger charge is -2.17. The van der Waals surface area contributed by atoms with Crippen LogP contribution in [0.4, 0.5) is 0 Å². The smallest absolute Gasteiger partial charge is 0.184 e. The van der Waals surface area contributed by atoms with Crippen LogP contribution in [-0.2, 0) is 11.8 Å². The molecule has 3 aromatic carbocycles. The molecule has 0 unspecified atom stereocenters. The van der Waals surface area contributed by atoms with Crippen LogP contribution in [0.2, 0.25) is 0 Å². The number of hydrogen-bond acceptors (Lipinski definition) is 2. The average Bonchev–Trinajstić information content (AvgIpc) is 2.90. The van der Waals surface area contributed by atoms with E-state index in [2.05, 4.69) is 91.9 Å². The molecule has 0 aliphatic heterocycles. The zero-order chi connectivity index (χ0) is 25.9. The first kappa shape index (κ1) is 26.7. The maximum absolute atomic E-state index is 6.44. The molecule has 0 fully saturated rings. The number of hydrogen-bond donors (Lipinski definition) is 0. The molecule has 4 heteroatoms. The molecule has 178 valence electrons. The van der Waals surface area contributed by atoms with Gasteiger partial charge >= 0.3 is 0 Å². The number of rotatable bonds is 6. The van der Waals surface area contributed by atoms with Crippen LogP contribution in [0.1, 0.15) is 36.1 Å². The highest BCUT2D eigenvalue weighted by molar-refractivity contribution is 6.18. The summed E-state index contributed by atoms with van der Waals surface area (Å²) in [7, 11) is 0. The summed E-state index contributed by atoms with van der Waals surface area (Å²) in [4.78, 5) is 0. The van der Waals surface area contributed by atoms with Crippen molar-refractivity contribution in [3.63, 3.8) is 0 Å². The molecule has 0 aliphatic rings. The van der Waals surface area contributed by atoms with Crippen LogP contribution >= 0.6 is 23.2 Å². The molecule has 0 radical (unpaired) electrons. The topological polar surface area (TPSA) is 18.5 Å². The lowest BCUT2D eigenvalue weighted by molar-refractivity contribution is 0.452. The minimum absolute atomic E-state index is 0.331. The molecule has 0 atom stereocenters. The molecule has 0 heterocycles. The maximum atomic E-state index is 6.44. The van der Waals surface area contributed by atoms with Crippen molar-refractivity contribution >= 4 is 23.2 Å². The molecule has 0 N–H and O–H groups in total. The summed E-state index contributed by atoms with van der Waals surface area (Å²) < 4.78 is 11.2. The first-order chi connectivity index (χ1) is 17.5. The third kappa shape index (κ3) is 6.60. The second-order valence-electron chi connectivity index (χ2n) is 7.82. The van der Waals surface area contributed by atoms with Gasteiger partial charge in [-0.25, -0.2) is 0 Å². The molecule has 0 amide bonds. The second-order valence-corrected chi connectivity index (χ2v) is 8.36. The summed E-state index contributed by atoms with van der Waals surface area (Å²) >= 11 is 12.9. The molecule has 0 bridgehead atoms. The molecule has 3 aromatic rings. The second kappa shape index (κ2) is 13.2. The monoisotopic (exact) mass is 510 g/mol. The van der Waals surface area contributed by atoms with E-state index in [1.165, 1.54) is 11.1 Å². The van der Waals surface area contributed by atoms with E-state index in [9.17, 15) is 0 Å². The minimum Gasteiger partial charge on any atom is -0.403 e. The minimum atomic E-state index is 0.331. The fourth-order valence-corrected chi connectivity index (χ4v) is 4.07. The van der Waals surface area contributed by atoms with Gasteiger partial charge in [0.25, 0.3) is 0 Å². The fraction of sp³-hybridized carbons (Fsp3) is 0.188. The van der Waals surface area contributed by atoms with E-state index >= 15 is 0 Å². The summed E-state index contributed by atoms with van der Waals surface area (Å²) in [6.07, 6.45) is 5.15. The molecular weight excluding hydrogens is 487 g/mol. The van der Waals surface area contributed by atoms with Crippen molar-refractivity contribution in [1.29, 1.82) is 0 Å². The highest BCUT2D eigenvalue weighted by atomic mass is 35.5. The van der Waals surface area contributed by atoms with Gasteiger partial charge in [-0.2, -0.15) is 0 Å². The van der Waals surface area contributed by atoms with Gasteiger partial charge in [-0.1, -0.05) is 41.7 Å². The quantitative estimate of drug-likeness (QED) is 0.248. The summed E-state index contributed by atoms with van der Waals surface area (Å²) in [6.45, 7) is 7.59. The maximum Gasteiger partial charge on any atom is 0.184 e. The number of benzene rings is 3. The van der Waals surface area contributed by atoms with Crippen molar-refractivity contribution < 1.29 is 9.47 Å². The normalized spacial score (nSPS) is 9.28. The standard InChI is InChI=1S/C32H24Cl2O2/c1-5-7-9-15-35-31-14-13-25(20-32(31)36-16-10-8-6-2)29-18-27(22-34)30(19-26(29)21-33)28-17-23(3)11-12-24(28)4/h11-14,17-20H,21-22H2,1-4H3. The average molecular weight is 511 g/mol. The van der Waals surface area contributed by atoms with Crippen molar-refractivity contribution in [2.75, 3.05) is 0 Å². The Labute approximate surface area is 223 Å². The lowest BCUT2D eigenvalue weighted by atomic mass is 9.89. The third-order valence-electron chi connectivity index (χ3n) is 5.35. The Morgan fingerprint density at radius 2 is 1.25 bits per heavy atom. The highest BCUT2D eigenvalue weighted by Gasteiger charge is 2.16. The van der Waals surface area contributed by atoms with E-state index in [1.54, 1.807) is 19.9 Å². The Morgan fingerprint density at radius 1 is 0.639 bits per heavy atom. The molecular formula is C32H24Cl2O2. The number of ether oxygens (including phenoxy) is 2. The Hall–Kier alpha value is -3.92. The van der Waals surface area contributed by atoms with Gasteiger partial charge in [0.05, 0.1) is 0 Å². The van der Waals surface area contributed by atoms with Gasteiger partial charge in [-0.05, 0) is 103 Å². The molecule has 2 nitrogen and oxygen atoms in total. The Balaban J connectivity index is 2.14. The van der Waals surface area contributed by atoms with Gasteiger partial charge < -0.3 is 9.47 Å². The van der Waals surface area contributed by atoms with Crippen molar-refractivity contribution in [3.05, 3.63) is 70.8 Å². The van der Waals surface area contributed by atoms with E-state index in [0.29, 0.717) is 23.3 Å². The molecule has 0 spiro atoms. The van der Waals surface area contributed by atoms with Gasteiger partial charge in [0.15, 0.2) is 11.5 Å². The molecule has 36 heavy (non-hydrogen) atoms. The molecule has 0 saturated carbocycles. The van der Waals surface area contributed by atoms with Crippen molar-refractivity contribution in [3.8, 4) is 81.5 Å². The summed E-state index contributed by atoms with van der Waals surface area (Å²) in [5, 5.41) is 0. The number of halogens is 2. The van der Waals surface area contributed by atoms with Crippen molar-refractivity contribution in [1.82, 2.24) is 0 Å². The van der Waals surface area contributed by atoms with Gasteiger partial charge in [0, 0.05) is 23.6 Å². The van der Waals surface area contributed by atoms with E-state index in [4.69, 9.17) is 32.7 Å². The Bertz CT molecular complexity index is 1520. The van der Waals surface area contributed by atoms with Gasteiger partial charge in [-0.15, -0.1) is 23.2 Å². The van der Waals surface area contributed by atoms with Crippen LogP contribution in [-0.4, -0.2) is 0 Å². The molecule has 0 saturated heterocycles. The van der Waals surface area contributed by atoms with Crippen LogP contribution in [0.3, 0.4) is 0 Å². The summed E-state index contributed by atoms with van der Waals surface area (Å²) in [5.41, 5.74) is 8.43. The Kier molecular flexibility index (Phi) is 9.82. The number of aryl methyl sites for hydroxylation is 2. The van der Waals surface area contributed by atoms with Crippen LogP contribution in [0.25, 0.3) is 22.3 Å². The van der Waals surface area contributed by atoms with E-state index < -0.39 is 0 Å². The molecule has 0 aliphatic carbocycles. The van der Waals surface area contributed by atoms with E-state index in [1.807, 2.05) is 12.1 Å². The van der Waals surface area contributed by atoms with Crippen molar-refractivity contribution in [2.24, 2.45) is 0 Å². The number of alkyl halides is 2. The predicted molar refractivity (Wildman–Crippen MR) is 150 cm³/mol. The Morgan fingerprint density at radius 3 is 1.89 bits per heavy atom. The van der Waals surface area contributed by atoms with Crippen molar-refractivity contribution in [2.45, 2.75) is 39.5 Å². The summed E-state index contributed by atoms with van der Waals surface area (Å²) in [6, 6.07) is 16.2. The summed E-state index contributed by atoms with van der Waals surface area (Å²) in [5.74, 6) is 17.5. The van der Waals surface area contributed by atoms with Crippen LogP contribution in [0, 0.1) is 61.6 Å². The van der Waals surface area contributed by atoms with Crippen LogP contribution in [0.5, 0.6) is 11.5 Å². The van der Waals surface area contributed by atoms with Gasteiger partial charge in [0.1, 0.15) is 12.2 Å². The zero-order valence-corrected chi connectivity index (χ0v) is 22.1.